The number of aliphatic hydroxyl groups excluding tert-OH is 8. The third kappa shape index (κ3) is 44.4. The van der Waals surface area contributed by atoms with E-state index in [0.29, 0.717) is 12.8 Å². The molecule has 0 aliphatic carbocycles. The standard InChI is InChI=1S/C75H147NO13/c1-3-5-7-9-11-13-15-17-19-21-23-24-25-26-27-28-29-30-31-32-33-34-35-36-37-38-39-40-41-43-45-47-49-51-53-55-57-59-67(80)76-63(64(79)58-56-54-52-50-48-46-44-42-22-20-18-16-14-12-10-8-6-4-2)62-86-74-72(85)70(83)73(66(61-78)88-74)89-75-71(84)69(82)68(81)65(60-77)87-75/h63-66,68-75,77-79,81-85H,3-62H2,1-2H3,(H,76,80). The smallest absolute Gasteiger partial charge is 0.220 e. The minimum absolute atomic E-state index is 0.196. The van der Waals surface area contributed by atoms with Crippen LogP contribution in [0.15, 0.2) is 0 Å². The maximum atomic E-state index is 13.4. The van der Waals surface area contributed by atoms with Crippen molar-refractivity contribution in [2.24, 2.45) is 0 Å². The van der Waals surface area contributed by atoms with Crippen molar-refractivity contribution >= 4 is 5.91 Å². The first-order chi connectivity index (χ1) is 43.6. The summed E-state index contributed by atoms with van der Waals surface area (Å²) in [6.07, 6.45) is 57.3. The lowest BCUT2D eigenvalue weighted by Crippen LogP contribution is -2.65. The van der Waals surface area contributed by atoms with Gasteiger partial charge in [0.2, 0.25) is 5.91 Å². The van der Waals surface area contributed by atoms with Crippen LogP contribution in [0.25, 0.3) is 0 Å². The zero-order valence-electron chi connectivity index (χ0n) is 58.0. The number of aliphatic hydroxyl groups is 8. The molecule has 9 N–H and O–H groups in total. The molecule has 12 atom stereocenters. The van der Waals surface area contributed by atoms with E-state index < -0.39 is 86.8 Å². The summed E-state index contributed by atoms with van der Waals surface area (Å²) in [5.74, 6) is -0.196. The van der Waals surface area contributed by atoms with Gasteiger partial charge in [-0.15, -0.1) is 0 Å². The van der Waals surface area contributed by atoms with Crippen molar-refractivity contribution in [3.05, 3.63) is 0 Å². The molecule has 2 aliphatic rings. The molecule has 14 heteroatoms. The Morgan fingerprint density at radius 2 is 0.640 bits per heavy atom. The number of hydrogen-bond donors (Lipinski definition) is 9. The van der Waals surface area contributed by atoms with Gasteiger partial charge in [0.15, 0.2) is 12.6 Å². The van der Waals surface area contributed by atoms with Gasteiger partial charge >= 0.3 is 0 Å². The van der Waals surface area contributed by atoms with Gasteiger partial charge in [0.25, 0.3) is 0 Å². The quantitative estimate of drug-likeness (QED) is 0.0259. The monoisotopic (exact) mass is 1270 g/mol. The highest BCUT2D eigenvalue weighted by Crippen LogP contribution is 2.30. The molecule has 1 amide bonds. The number of nitrogens with one attached hydrogen (secondary N) is 1. The largest absolute Gasteiger partial charge is 0.394 e. The number of carbonyl (C=O) groups is 1. The Hall–Kier alpha value is -1.01. The molecule has 14 nitrogen and oxygen atoms in total. The molecule has 2 fully saturated rings. The lowest BCUT2D eigenvalue weighted by molar-refractivity contribution is -0.359. The van der Waals surface area contributed by atoms with E-state index in [0.717, 1.165) is 51.4 Å². The SMILES string of the molecule is CCCCCCCCCCCCCCCCCCCCCCCCCCCCCCCCCCCCCCCC(=O)NC(COC1OC(CO)C(OC2OC(CO)C(O)C(O)C2O)C(O)C1O)C(O)CCCCCCCCCCCCCCCCCCCC. The van der Waals surface area contributed by atoms with E-state index in [1.54, 1.807) is 0 Å². The lowest BCUT2D eigenvalue weighted by atomic mass is 9.97. The molecule has 0 spiro atoms. The number of hydrogen-bond acceptors (Lipinski definition) is 13. The highest BCUT2D eigenvalue weighted by atomic mass is 16.7. The second-order valence-electron chi connectivity index (χ2n) is 27.9. The Morgan fingerprint density at radius 1 is 0.360 bits per heavy atom. The summed E-state index contributed by atoms with van der Waals surface area (Å²) in [5.41, 5.74) is 0. The predicted octanol–water partition coefficient (Wildman–Crippen LogP) is 16.7. The zero-order valence-corrected chi connectivity index (χ0v) is 58.0. The first kappa shape index (κ1) is 84.1. The Kier molecular flexibility index (Phi) is 57.3. The molecule has 0 bridgehead atoms. The number of ether oxygens (including phenoxy) is 4. The third-order valence-corrected chi connectivity index (χ3v) is 19.6. The zero-order chi connectivity index (χ0) is 64.5. The van der Waals surface area contributed by atoms with Crippen LogP contribution >= 0.6 is 0 Å². The molecule has 2 aliphatic heterocycles. The van der Waals surface area contributed by atoms with Crippen LogP contribution in [0, 0.1) is 0 Å². The van der Waals surface area contributed by atoms with E-state index >= 15 is 0 Å². The van der Waals surface area contributed by atoms with Crippen molar-refractivity contribution in [3.8, 4) is 0 Å². The molecule has 2 heterocycles. The summed E-state index contributed by atoms with van der Waals surface area (Å²) in [6, 6.07) is -0.824. The van der Waals surface area contributed by atoms with Gasteiger partial charge in [0.1, 0.15) is 48.8 Å². The average molecular weight is 1270 g/mol. The van der Waals surface area contributed by atoms with Crippen LogP contribution < -0.4 is 5.32 Å². The van der Waals surface area contributed by atoms with E-state index in [2.05, 4.69) is 19.2 Å². The van der Waals surface area contributed by atoms with Gasteiger partial charge in [-0.25, -0.2) is 0 Å². The fourth-order valence-corrected chi connectivity index (χ4v) is 13.4. The number of unbranched alkanes of at least 4 members (excludes halogenated alkanes) is 53. The summed E-state index contributed by atoms with van der Waals surface area (Å²) < 4.78 is 22.9. The summed E-state index contributed by atoms with van der Waals surface area (Å²) in [5, 5.41) is 87.7. The number of carbonyl (C=O) groups excluding carboxylic acids is 1. The molecule has 0 aromatic carbocycles. The first-order valence-electron chi connectivity index (χ1n) is 38.8. The van der Waals surface area contributed by atoms with Crippen molar-refractivity contribution in [3.63, 3.8) is 0 Å². The van der Waals surface area contributed by atoms with Gasteiger partial charge in [-0.1, -0.05) is 361 Å². The molecule has 530 valence electrons. The van der Waals surface area contributed by atoms with Crippen LogP contribution in [0.1, 0.15) is 380 Å². The van der Waals surface area contributed by atoms with Crippen molar-refractivity contribution < 1.29 is 64.6 Å². The summed E-state index contributed by atoms with van der Waals surface area (Å²) >= 11 is 0. The van der Waals surface area contributed by atoms with Crippen LogP contribution in [0.4, 0.5) is 0 Å². The molecule has 0 aromatic rings. The number of rotatable bonds is 66. The summed E-state index contributed by atoms with van der Waals surface area (Å²) in [7, 11) is 0. The number of amides is 1. The topological polar surface area (TPSA) is 228 Å². The Balaban J connectivity index is 1.56. The van der Waals surface area contributed by atoms with Crippen LogP contribution in [-0.2, 0) is 23.7 Å². The van der Waals surface area contributed by atoms with Crippen LogP contribution in [-0.4, -0.2) is 140 Å². The van der Waals surface area contributed by atoms with E-state index in [1.165, 1.54) is 302 Å². The lowest BCUT2D eigenvalue weighted by Gasteiger charge is -2.46. The van der Waals surface area contributed by atoms with Gasteiger partial charge < -0.3 is 65.1 Å². The molecule has 0 radical (unpaired) electrons. The molecule has 2 rings (SSSR count). The van der Waals surface area contributed by atoms with E-state index in [4.69, 9.17) is 18.9 Å². The minimum atomic E-state index is -1.78. The van der Waals surface area contributed by atoms with Crippen molar-refractivity contribution in [2.45, 2.75) is 453 Å². The van der Waals surface area contributed by atoms with Crippen LogP contribution in [0.3, 0.4) is 0 Å². The molecule has 0 aromatic heterocycles. The minimum Gasteiger partial charge on any atom is -0.394 e. The van der Waals surface area contributed by atoms with Gasteiger partial charge in [-0.05, 0) is 12.8 Å². The van der Waals surface area contributed by atoms with Crippen LogP contribution in [0.5, 0.6) is 0 Å². The molecule has 89 heavy (non-hydrogen) atoms. The van der Waals surface area contributed by atoms with E-state index in [-0.39, 0.29) is 12.5 Å². The van der Waals surface area contributed by atoms with Crippen LogP contribution in [0.2, 0.25) is 0 Å². The van der Waals surface area contributed by atoms with E-state index in [1.807, 2.05) is 0 Å². The van der Waals surface area contributed by atoms with Crippen molar-refractivity contribution in [1.29, 1.82) is 0 Å². The molecular formula is C75H147NO13. The Labute approximate surface area is 546 Å². The second-order valence-corrected chi connectivity index (χ2v) is 27.9. The molecular weight excluding hydrogens is 1120 g/mol. The van der Waals surface area contributed by atoms with Gasteiger partial charge in [0, 0.05) is 6.42 Å². The predicted molar refractivity (Wildman–Crippen MR) is 365 cm³/mol. The highest BCUT2D eigenvalue weighted by Gasteiger charge is 2.51. The summed E-state index contributed by atoms with van der Waals surface area (Å²) in [6.45, 7) is 2.93. The molecule has 12 unspecified atom stereocenters. The molecule has 2 saturated heterocycles. The Morgan fingerprint density at radius 3 is 0.955 bits per heavy atom. The third-order valence-electron chi connectivity index (χ3n) is 19.6. The average Bonchev–Trinajstić information content (AvgIpc) is 1.44. The second kappa shape index (κ2) is 60.6. The van der Waals surface area contributed by atoms with E-state index in [9.17, 15) is 45.6 Å². The summed E-state index contributed by atoms with van der Waals surface area (Å²) in [4.78, 5) is 13.4. The highest BCUT2D eigenvalue weighted by molar-refractivity contribution is 5.76. The van der Waals surface area contributed by atoms with Gasteiger partial charge in [-0.2, -0.15) is 0 Å². The van der Waals surface area contributed by atoms with Crippen molar-refractivity contribution in [2.75, 3.05) is 19.8 Å². The fraction of sp³-hybridized carbons (Fsp3) is 0.987. The normalized spacial score (nSPS) is 22.9. The molecule has 0 saturated carbocycles. The van der Waals surface area contributed by atoms with Crippen molar-refractivity contribution in [1.82, 2.24) is 5.32 Å². The van der Waals surface area contributed by atoms with Gasteiger partial charge in [0.05, 0.1) is 32.0 Å². The Bertz CT molecular complexity index is 1500. The van der Waals surface area contributed by atoms with Gasteiger partial charge in [-0.3, -0.25) is 4.79 Å². The maximum Gasteiger partial charge on any atom is 0.220 e. The maximum absolute atomic E-state index is 13.4. The first-order valence-corrected chi connectivity index (χ1v) is 38.8. The fourth-order valence-electron chi connectivity index (χ4n) is 13.4.